The van der Waals surface area contributed by atoms with E-state index >= 15 is 0 Å². The Bertz CT molecular complexity index is 881. The standard InChI is InChI=1S/C23H31N3O/c1-5-14(2)9-15(3)25-23(27)17-10-19-18-7-6-8-20-22(18)16(12-24-20)11-21(19)26(4)13-17/h6-8,10,12,14-15,17,21,24H,5,9,11,13H2,1-4H3,(H,25,27). The second-order valence-corrected chi connectivity index (χ2v) is 8.59. The van der Waals surface area contributed by atoms with Gasteiger partial charge in [0.05, 0.1) is 5.92 Å². The first-order chi connectivity index (χ1) is 13.0. The maximum Gasteiger partial charge on any atom is 0.228 e. The lowest BCUT2D eigenvalue weighted by Crippen LogP contribution is -2.48. The number of aromatic amines is 1. The molecule has 4 rings (SSSR count). The summed E-state index contributed by atoms with van der Waals surface area (Å²) in [5.74, 6) is 0.715. The first kappa shape index (κ1) is 18.3. The van der Waals surface area contributed by atoms with E-state index in [0.717, 1.165) is 25.8 Å². The first-order valence-corrected chi connectivity index (χ1v) is 10.3. The van der Waals surface area contributed by atoms with Crippen LogP contribution >= 0.6 is 0 Å². The number of carbonyl (C=O) groups is 1. The summed E-state index contributed by atoms with van der Waals surface area (Å²) in [6.07, 6.45) is 7.59. The number of carbonyl (C=O) groups excluding carboxylic acids is 1. The minimum absolute atomic E-state index is 0.0867. The van der Waals surface area contributed by atoms with E-state index in [1.165, 1.54) is 27.6 Å². The second kappa shape index (κ2) is 7.16. The van der Waals surface area contributed by atoms with Crippen molar-refractivity contribution in [3.8, 4) is 0 Å². The number of nitrogens with zero attached hydrogens (tertiary/aromatic N) is 1. The molecule has 0 saturated heterocycles. The molecule has 2 heterocycles. The number of hydrogen-bond donors (Lipinski definition) is 2. The Kier molecular flexibility index (Phi) is 4.85. The van der Waals surface area contributed by atoms with Gasteiger partial charge in [-0.05, 0) is 55.5 Å². The van der Waals surface area contributed by atoms with Gasteiger partial charge in [0.25, 0.3) is 0 Å². The van der Waals surface area contributed by atoms with Crippen molar-refractivity contribution < 1.29 is 4.79 Å². The van der Waals surface area contributed by atoms with Crippen LogP contribution in [-0.4, -0.2) is 41.5 Å². The van der Waals surface area contributed by atoms with E-state index in [1.54, 1.807) is 0 Å². The molecule has 4 unspecified atom stereocenters. The Morgan fingerprint density at radius 2 is 2.19 bits per heavy atom. The molecular formula is C23H31N3O. The molecule has 2 N–H and O–H groups in total. The van der Waals surface area contributed by atoms with Crippen molar-refractivity contribution in [2.45, 2.75) is 52.1 Å². The van der Waals surface area contributed by atoms with Gasteiger partial charge in [0, 0.05) is 35.7 Å². The zero-order chi connectivity index (χ0) is 19.1. The first-order valence-electron chi connectivity index (χ1n) is 10.3. The highest BCUT2D eigenvalue weighted by Gasteiger charge is 2.35. The molecule has 4 atom stereocenters. The van der Waals surface area contributed by atoms with Crippen molar-refractivity contribution in [1.82, 2.24) is 15.2 Å². The van der Waals surface area contributed by atoms with Crippen molar-refractivity contribution in [2.75, 3.05) is 13.6 Å². The van der Waals surface area contributed by atoms with Gasteiger partial charge in [-0.15, -0.1) is 0 Å². The van der Waals surface area contributed by atoms with Crippen LogP contribution in [0.2, 0.25) is 0 Å². The van der Waals surface area contributed by atoms with Gasteiger partial charge in [-0.3, -0.25) is 9.69 Å². The third kappa shape index (κ3) is 3.31. The zero-order valence-corrected chi connectivity index (χ0v) is 16.9. The van der Waals surface area contributed by atoms with Gasteiger partial charge in [0.1, 0.15) is 0 Å². The normalized spacial score (nSPS) is 24.2. The van der Waals surface area contributed by atoms with Crippen LogP contribution in [0.5, 0.6) is 0 Å². The summed E-state index contributed by atoms with van der Waals surface area (Å²) in [5, 5.41) is 4.59. The lowest BCUT2D eigenvalue weighted by atomic mass is 9.79. The quantitative estimate of drug-likeness (QED) is 0.842. The van der Waals surface area contributed by atoms with Crippen LogP contribution in [-0.2, 0) is 11.2 Å². The van der Waals surface area contributed by atoms with Crippen LogP contribution in [0.3, 0.4) is 0 Å². The van der Waals surface area contributed by atoms with E-state index in [-0.39, 0.29) is 17.9 Å². The van der Waals surface area contributed by atoms with Gasteiger partial charge in [0.2, 0.25) is 5.91 Å². The predicted molar refractivity (Wildman–Crippen MR) is 112 cm³/mol. The van der Waals surface area contributed by atoms with Crippen LogP contribution in [0.25, 0.3) is 16.5 Å². The topological polar surface area (TPSA) is 48.1 Å². The molecule has 4 nitrogen and oxygen atoms in total. The Morgan fingerprint density at radius 1 is 1.37 bits per heavy atom. The summed E-state index contributed by atoms with van der Waals surface area (Å²) in [5.41, 5.74) is 5.19. The SMILES string of the molecule is CCC(C)CC(C)NC(=O)C1C=C2c3cccc4[nH]cc(c34)CC2N(C)C1. The fourth-order valence-electron chi connectivity index (χ4n) is 4.79. The molecule has 0 radical (unpaired) electrons. The number of benzene rings is 1. The highest BCUT2D eigenvalue weighted by Crippen LogP contribution is 2.40. The molecule has 2 aromatic rings. The minimum atomic E-state index is -0.0867. The Morgan fingerprint density at radius 3 is 2.96 bits per heavy atom. The van der Waals surface area contributed by atoms with Crippen LogP contribution in [0.1, 0.15) is 44.7 Å². The Hall–Kier alpha value is -2.07. The van der Waals surface area contributed by atoms with E-state index in [9.17, 15) is 4.79 Å². The van der Waals surface area contributed by atoms with Crippen LogP contribution in [0, 0.1) is 11.8 Å². The summed E-state index contributed by atoms with van der Waals surface area (Å²) in [6, 6.07) is 7.04. The molecule has 0 saturated carbocycles. The van der Waals surface area contributed by atoms with Gasteiger partial charge in [-0.2, -0.15) is 0 Å². The monoisotopic (exact) mass is 365 g/mol. The molecule has 1 amide bonds. The number of fused-ring (bicyclic) bond motifs is 2. The number of amides is 1. The van der Waals surface area contributed by atoms with Gasteiger partial charge in [-0.1, -0.05) is 38.5 Å². The summed E-state index contributed by atoms with van der Waals surface area (Å²) in [7, 11) is 2.15. The average Bonchev–Trinajstić information content (AvgIpc) is 3.06. The van der Waals surface area contributed by atoms with Gasteiger partial charge < -0.3 is 10.3 Å². The Balaban J connectivity index is 1.60. The average molecular weight is 366 g/mol. The zero-order valence-electron chi connectivity index (χ0n) is 16.9. The number of nitrogens with one attached hydrogen (secondary N) is 2. The molecule has 1 aromatic heterocycles. The van der Waals surface area contributed by atoms with Crippen molar-refractivity contribution >= 4 is 22.4 Å². The van der Waals surface area contributed by atoms with Crippen molar-refractivity contribution in [2.24, 2.45) is 11.8 Å². The number of likely N-dealkylation sites (N-methyl/N-ethyl adjacent to an activating group) is 1. The molecule has 27 heavy (non-hydrogen) atoms. The summed E-state index contributed by atoms with van der Waals surface area (Å²) in [4.78, 5) is 18.7. The Labute approximate surface area is 162 Å². The van der Waals surface area contributed by atoms with E-state index in [2.05, 4.69) is 73.5 Å². The van der Waals surface area contributed by atoms with Crippen molar-refractivity contribution in [3.63, 3.8) is 0 Å². The maximum absolute atomic E-state index is 12.9. The molecule has 1 aliphatic carbocycles. The van der Waals surface area contributed by atoms with Crippen LogP contribution in [0.4, 0.5) is 0 Å². The van der Waals surface area contributed by atoms with Crippen LogP contribution < -0.4 is 5.32 Å². The second-order valence-electron chi connectivity index (χ2n) is 8.59. The van der Waals surface area contributed by atoms with E-state index < -0.39 is 0 Å². The maximum atomic E-state index is 12.9. The molecular weight excluding hydrogens is 334 g/mol. The number of rotatable bonds is 5. The van der Waals surface area contributed by atoms with Gasteiger partial charge >= 0.3 is 0 Å². The number of H-pyrrole nitrogens is 1. The predicted octanol–water partition coefficient (Wildman–Crippen LogP) is 3.98. The third-order valence-corrected chi connectivity index (χ3v) is 6.45. The lowest BCUT2D eigenvalue weighted by Gasteiger charge is -2.39. The van der Waals surface area contributed by atoms with Crippen molar-refractivity contribution in [1.29, 1.82) is 0 Å². The summed E-state index contributed by atoms with van der Waals surface area (Å²) < 4.78 is 0. The lowest BCUT2D eigenvalue weighted by molar-refractivity contribution is -0.125. The summed E-state index contributed by atoms with van der Waals surface area (Å²) >= 11 is 0. The third-order valence-electron chi connectivity index (χ3n) is 6.45. The van der Waals surface area contributed by atoms with Gasteiger partial charge in [-0.25, -0.2) is 0 Å². The molecule has 144 valence electrons. The molecule has 1 aliphatic heterocycles. The fraction of sp³-hybridized carbons (Fsp3) is 0.522. The van der Waals surface area contributed by atoms with E-state index in [0.29, 0.717) is 12.0 Å². The molecule has 0 spiro atoms. The van der Waals surface area contributed by atoms with Crippen LogP contribution in [0.15, 0.2) is 30.5 Å². The van der Waals surface area contributed by atoms with Crippen molar-refractivity contribution in [3.05, 3.63) is 41.6 Å². The fourth-order valence-corrected chi connectivity index (χ4v) is 4.79. The van der Waals surface area contributed by atoms with Gasteiger partial charge in [0.15, 0.2) is 0 Å². The smallest absolute Gasteiger partial charge is 0.228 e. The largest absolute Gasteiger partial charge is 0.361 e. The van der Waals surface area contributed by atoms with E-state index in [4.69, 9.17) is 0 Å². The highest BCUT2D eigenvalue weighted by molar-refractivity contribution is 5.99. The molecule has 2 aliphatic rings. The summed E-state index contributed by atoms with van der Waals surface area (Å²) in [6.45, 7) is 7.37. The minimum Gasteiger partial charge on any atom is -0.361 e. The van der Waals surface area contributed by atoms with E-state index in [1.807, 2.05) is 0 Å². The molecule has 0 fully saturated rings. The molecule has 0 bridgehead atoms. The molecule has 4 heteroatoms. The molecule has 1 aromatic carbocycles. The highest BCUT2D eigenvalue weighted by atomic mass is 16.2. The number of aromatic nitrogens is 1. The number of hydrogen-bond acceptors (Lipinski definition) is 2.